The Bertz CT molecular complexity index is 448. The lowest BCUT2D eigenvalue weighted by Crippen LogP contribution is -2.39. The molecule has 0 heterocycles. The van der Waals surface area contributed by atoms with E-state index in [4.69, 9.17) is 10.5 Å². The zero-order valence-electron chi connectivity index (χ0n) is 11.1. The van der Waals surface area contributed by atoms with Crippen LogP contribution in [0.1, 0.15) is 6.92 Å². The summed E-state index contributed by atoms with van der Waals surface area (Å²) < 4.78 is 9.85. The Morgan fingerprint density at radius 1 is 1.32 bits per heavy atom. The molecule has 0 saturated heterocycles. The van der Waals surface area contributed by atoms with Crippen LogP contribution in [-0.2, 0) is 14.3 Å². The van der Waals surface area contributed by atoms with Crippen LogP contribution in [0.4, 0.5) is 5.69 Å². The molecule has 6 nitrogen and oxygen atoms in total. The number of carbonyl (C=O) groups is 2. The summed E-state index contributed by atoms with van der Waals surface area (Å²) in [6.07, 6.45) is 0. The van der Waals surface area contributed by atoms with Gasteiger partial charge >= 0.3 is 5.97 Å². The van der Waals surface area contributed by atoms with Crippen molar-refractivity contribution in [3.8, 4) is 5.75 Å². The number of esters is 1. The van der Waals surface area contributed by atoms with E-state index >= 15 is 0 Å². The molecule has 1 amide bonds. The Labute approximate surface area is 112 Å². The fourth-order valence-electron chi connectivity index (χ4n) is 1.44. The van der Waals surface area contributed by atoms with Gasteiger partial charge in [-0.3, -0.25) is 9.59 Å². The van der Waals surface area contributed by atoms with Crippen molar-refractivity contribution in [2.45, 2.75) is 6.92 Å². The molecule has 0 aliphatic heterocycles. The lowest BCUT2D eigenvalue weighted by Gasteiger charge is -2.19. The Kier molecular flexibility index (Phi) is 5.66. The summed E-state index contributed by atoms with van der Waals surface area (Å²) in [7, 11) is 1.28. The highest BCUT2D eigenvalue weighted by Crippen LogP contribution is 2.19. The van der Waals surface area contributed by atoms with Crippen LogP contribution in [0, 0.1) is 0 Å². The molecule has 0 bridgehead atoms. The third-order valence-electron chi connectivity index (χ3n) is 2.55. The predicted octanol–water partition coefficient (Wildman–Crippen LogP) is 0.669. The zero-order chi connectivity index (χ0) is 14.3. The normalized spacial score (nSPS) is 9.79. The fraction of sp³-hybridized carbons (Fsp3) is 0.385. The number of nitrogen functional groups attached to an aromatic ring is 1. The van der Waals surface area contributed by atoms with E-state index in [0.717, 1.165) is 0 Å². The van der Waals surface area contributed by atoms with Gasteiger partial charge in [-0.15, -0.1) is 0 Å². The first-order valence-electron chi connectivity index (χ1n) is 5.90. The molecule has 104 valence electrons. The molecule has 1 aromatic carbocycles. The van der Waals surface area contributed by atoms with Crippen LogP contribution in [0.5, 0.6) is 5.75 Å². The number of ether oxygens (including phenoxy) is 2. The van der Waals surface area contributed by atoms with Crippen molar-refractivity contribution in [2.75, 3.05) is 32.5 Å². The van der Waals surface area contributed by atoms with E-state index in [1.807, 2.05) is 0 Å². The summed E-state index contributed by atoms with van der Waals surface area (Å²) in [4.78, 5) is 24.4. The molecular formula is C13H18N2O4. The molecule has 0 unspecified atom stereocenters. The van der Waals surface area contributed by atoms with E-state index in [0.29, 0.717) is 18.0 Å². The minimum absolute atomic E-state index is 0.0839. The van der Waals surface area contributed by atoms with Crippen LogP contribution in [-0.4, -0.2) is 43.6 Å². The highest BCUT2D eigenvalue weighted by molar-refractivity contribution is 5.83. The number of benzene rings is 1. The highest BCUT2D eigenvalue weighted by Gasteiger charge is 2.16. The van der Waals surface area contributed by atoms with Gasteiger partial charge in [0.1, 0.15) is 12.3 Å². The first kappa shape index (κ1) is 14.8. The van der Waals surface area contributed by atoms with Gasteiger partial charge in [0.2, 0.25) is 0 Å². The average molecular weight is 266 g/mol. The van der Waals surface area contributed by atoms with E-state index in [9.17, 15) is 9.59 Å². The first-order valence-corrected chi connectivity index (χ1v) is 5.90. The van der Waals surface area contributed by atoms with E-state index in [2.05, 4.69) is 4.74 Å². The van der Waals surface area contributed by atoms with Crippen molar-refractivity contribution in [1.29, 1.82) is 0 Å². The second kappa shape index (κ2) is 7.25. The van der Waals surface area contributed by atoms with E-state index < -0.39 is 5.97 Å². The fourth-order valence-corrected chi connectivity index (χ4v) is 1.44. The van der Waals surface area contributed by atoms with Crippen molar-refractivity contribution >= 4 is 17.6 Å². The minimum Gasteiger partial charge on any atom is -0.482 e. The Hall–Kier alpha value is -2.24. The number of nitrogens with two attached hydrogens (primary N) is 1. The molecule has 6 heteroatoms. The molecule has 1 rings (SSSR count). The van der Waals surface area contributed by atoms with Gasteiger partial charge in [0.05, 0.1) is 12.8 Å². The first-order chi connectivity index (χ1) is 9.08. The van der Waals surface area contributed by atoms with Crippen LogP contribution in [0.25, 0.3) is 0 Å². The SMILES string of the molecule is CCN(CC(=O)OC)C(=O)COc1ccccc1N. The summed E-state index contributed by atoms with van der Waals surface area (Å²) in [5.74, 6) is -0.310. The van der Waals surface area contributed by atoms with Crippen LogP contribution in [0.2, 0.25) is 0 Å². The van der Waals surface area contributed by atoms with Crippen LogP contribution < -0.4 is 10.5 Å². The van der Waals surface area contributed by atoms with Crippen molar-refractivity contribution < 1.29 is 19.1 Å². The number of nitrogens with zero attached hydrogens (tertiary/aromatic N) is 1. The molecule has 19 heavy (non-hydrogen) atoms. The number of likely N-dealkylation sites (N-methyl/N-ethyl adjacent to an activating group) is 1. The van der Waals surface area contributed by atoms with E-state index in [1.54, 1.807) is 31.2 Å². The summed E-state index contributed by atoms with van der Waals surface area (Å²) in [5, 5.41) is 0. The molecule has 0 spiro atoms. The molecule has 0 saturated carbocycles. The number of methoxy groups -OCH3 is 1. The standard InChI is InChI=1S/C13H18N2O4/c1-3-15(8-13(17)18-2)12(16)9-19-11-7-5-4-6-10(11)14/h4-7H,3,8-9,14H2,1-2H3. The number of amides is 1. The molecule has 0 atom stereocenters. The summed E-state index contributed by atoms with van der Waals surface area (Å²) in [5.41, 5.74) is 6.16. The monoisotopic (exact) mass is 266 g/mol. The van der Waals surface area contributed by atoms with Crippen molar-refractivity contribution in [2.24, 2.45) is 0 Å². The van der Waals surface area contributed by atoms with Gasteiger partial charge in [0.25, 0.3) is 5.91 Å². The van der Waals surface area contributed by atoms with Crippen LogP contribution in [0.15, 0.2) is 24.3 Å². The molecule has 1 aromatic rings. The van der Waals surface area contributed by atoms with Gasteiger partial charge < -0.3 is 20.1 Å². The lowest BCUT2D eigenvalue weighted by molar-refractivity contribution is -0.147. The summed E-state index contributed by atoms with van der Waals surface area (Å²) in [6, 6.07) is 6.91. The summed E-state index contributed by atoms with van der Waals surface area (Å²) in [6.45, 7) is 1.93. The zero-order valence-corrected chi connectivity index (χ0v) is 11.1. The maximum absolute atomic E-state index is 11.9. The van der Waals surface area contributed by atoms with E-state index in [-0.39, 0.29) is 19.1 Å². The van der Waals surface area contributed by atoms with E-state index in [1.165, 1.54) is 12.0 Å². The Balaban J connectivity index is 2.54. The largest absolute Gasteiger partial charge is 0.482 e. The number of anilines is 1. The minimum atomic E-state index is -0.463. The average Bonchev–Trinajstić information content (AvgIpc) is 2.43. The van der Waals surface area contributed by atoms with Gasteiger partial charge in [0.15, 0.2) is 6.61 Å². The topological polar surface area (TPSA) is 81.9 Å². The number of hydrogen-bond acceptors (Lipinski definition) is 5. The maximum Gasteiger partial charge on any atom is 0.325 e. The lowest BCUT2D eigenvalue weighted by atomic mass is 10.3. The second-order valence-corrected chi connectivity index (χ2v) is 3.81. The molecular weight excluding hydrogens is 248 g/mol. The van der Waals surface area contributed by atoms with Crippen LogP contribution >= 0.6 is 0 Å². The van der Waals surface area contributed by atoms with Crippen molar-refractivity contribution in [3.05, 3.63) is 24.3 Å². The quantitative estimate of drug-likeness (QED) is 0.604. The van der Waals surface area contributed by atoms with Gasteiger partial charge in [0, 0.05) is 6.54 Å². The van der Waals surface area contributed by atoms with Crippen molar-refractivity contribution in [3.63, 3.8) is 0 Å². The highest BCUT2D eigenvalue weighted by atomic mass is 16.5. The predicted molar refractivity (Wildman–Crippen MR) is 70.6 cm³/mol. The third kappa shape index (κ3) is 4.50. The van der Waals surface area contributed by atoms with Gasteiger partial charge in [-0.2, -0.15) is 0 Å². The van der Waals surface area contributed by atoms with Gasteiger partial charge in [-0.1, -0.05) is 12.1 Å². The number of carbonyl (C=O) groups excluding carboxylic acids is 2. The van der Waals surface area contributed by atoms with Crippen LogP contribution in [0.3, 0.4) is 0 Å². The molecule has 2 N–H and O–H groups in total. The van der Waals surface area contributed by atoms with Gasteiger partial charge in [-0.05, 0) is 19.1 Å². The number of hydrogen-bond donors (Lipinski definition) is 1. The molecule has 0 aliphatic rings. The Morgan fingerprint density at radius 3 is 2.58 bits per heavy atom. The molecule has 0 radical (unpaired) electrons. The number of rotatable bonds is 6. The smallest absolute Gasteiger partial charge is 0.325 e. The van der Waals surface area contributed by atoms with Crippen molar-refractivity contribution in [1.82, 2.24) is 4.90 Å². The third-order valence-corrected chi connectivity index (χ3v) is 2.55. The summed E-state index contributed by atoms with van der Waals surface area (Å²) >= 11 is 0. The maximum atomic E-state index is 11.9. The Morgan fingerprint density at radius 2 is 2.00 bits per heavy atom. The number of para-hydroxylation sites is 2. The molecule has 0 aromatic heterocycles. The molecule has 0 fully saturated rings. The second-order valence-electron chi connectivity index (χ2n) is 3.81. The molecule has 0 aliphatic carbocycles. The van der Waals surface area contributed by atoms with Gasteiger partial charge in [-0.25, -0.2) is 0 Å².